The maximum atomic E-state index is 12.2. The Kier molecular flexibility index (Phi) is 5.41. The minimum Gasteiger partial charge on any atom is -0.465 e. The molecule has 0 atom stereocenters. The second-order valence-corrected chi connectivity index (χ2v) is 5.82. The largest absolute Gasteiger partial charge is 0.465 e. The average molecular weight is 362 g/mol. The predicted octanol–water partition coefficient (Wildman–Crippen LogP) is 3.57. The number of hydrogen-bond donors (Lipinski definition) is 2. The Labute approximate surface area is 156 Å². The van der Waals surface area contributed by atoms with Gasteiger partial charge in [-0.2, -0.15) is 0 Å². The molecule has 7 heteroatoms. The maximum absolute atomic E-state index is 12.2. The Balaban J connectivity index is 1.67. The van der Waals surface area contributed by atoms with E-state index in [2.05, 4.69) is 20.8 Å². The third kappa shape index (κ3) is 4.66. The summed E-state index contributed by atoms with van der Waals surface area (Å²) in [5.41, 5.74) is 2.65. The summed E-state index contributed by atoms with van der Waals surface area (Å²) in [6.07, 6.45) is 0. The zero-order chi connectivity index (χ0) is 19.2. The number of ether oxygens (including phenoxy) is 1. The smallest absolute Gasteiger partial charge is 0.337 e. The van der Waals surface area contributed by atoms with E-state index in [1.807, 2.05) is 19.1 Å². The van der Waals surface area contributed by atoms with E-state index in [9.17, 15) is 9.59 Å². The second-order valence-electron chi connectivity index (χ2n) is 5.82. The molecule has 0 saturated carbocycles. The van der Waals surface area contributed by atoms with Crippen LogP contribution in [0.2, 0.25) is 0 Å². The van der Waals surface area contributed by atoms with Crippen LogP contribution in [0.15, 0.2) is 60.7 Å². The number of rotatable bonds is 5. The van der Waals surface area contributed by atoms with Crippen LogP contribution in [0.1, 0.15) is 26.3 Å². The van der Waals surface area contributed by atoms with Gasteiger partial charge in [-0.15, -0.1) is 10.2 Å². The molecule has 1 amide bonds. The third-order valence-electron chi connectivity index (χ3n) is 3.74. The van der Waals surface area contributed by atoms with Gasteiger partial charge in [0, 0.05) is 11.3 Å². The van der Waals surface area contributed by atoms with Crippen molar-refractivity contribution in [2.75, 3.05) is 17.7 Å². The lowest BCUT2D eigenvalue weighted by Gasteiger charge is -2.08. The molecule has 0 bridgehead atoms. The summed E-state index contributed by atoms with van der Waals surface area (Å²) in [7, 11) is 1.33. The van der Waals surface area contributed by atoms with Crippen molar-refractivity contribution in [1.29, 1.82) is 0 Å². The predicted molar refractivity (Wildman–Crippen MR) is 102 cm³/mol. The van der Waals surface area contributed by atoms with E-state index in [1.165, 1.54) is 7.11 Å². The molecular weight excluding hydrogens is 344 g/mol. The third-order valence-corrected chi connectivity index (χ3v) is 3.74. The Morgan fingerprint density at radius 2 is 1.59 bits per heavy atom. The van der Waals surface area contributed by atoms with Gasteiger partial charge in [0.05, 0.1) is 12.7 Å². The van der Waals surface area contributed by atoms with Crippen molar-refractivity contribution in [3.8, 4) is 0 Å². The summed E-state index contributed by atoms with van der Waals surface area (Å²) in [5, 5.41) is 13.8. The number of carbonyl (C=O) groups is 2. The SMILES string of the molecule is COC(=O)c1cccc(Nc2ccc(NC(=O)c3cccc(C)c3)nn2)c1. The topological polar surface area (TPSA) is 93.2 Å². The van der Waals surface area contributed by atoms with Gasteiger partial charge in [-0.3, -0.25) is 4.79 Å². The highest BCUT2D eigenvalue weighted by Crippen LogP contribution is 2.17. The van der Waals surface area contributed by atoms with E-state index in [-0.39, 0.29) is 5.91 Å². The highest BCUT2D eigenvalue weighted by atomic mass is 16.5. The molecule has 3 rings (SSSR count). The number of amides is 1. The van der Waals surface area contributed by atoms with Crippen LogP contribution in [0.25, 0.3) is 0 Å². The molecule has 1 aromatic heterocycles. The molecule has 0 saturated heterocycles. The minimum absolute atomic E-state index is 0.250. The zero-order valence-corrected chi connectivity index (χ0v) is 14.9. The van der Waals surface area contributed by atoms with Crippen LogP contribution in [0.5, 0.6) is 0 Å². The molecule has 0 aliphatic rings. The fourth-order valence-electron chi connectivity index (χ4n) is 2.43. The number of benzene rings is 2. The van der Waals surface area contributed by atoms with Gasteiger partial charge < -0.3 is 15.4 Å². The molecule has 1 heterocycles. The van der Waals surface area contributed by atoms with Crippen LogP contribution in [-0.4, -0.2) is 29.2 Å². The lowest BCUT2D eigenvalue weighted by molar-refractivity contribution is 0.0600. The molecular formula is C20H18N4O3. The number of aromatic nitrogens is 2. The van der Waals surface area contributed by atoms with E-state index in [1.54, 1.807) is 48.5 Å². The lowest BCUT2D eigenvalue weighted by Crippen LogP contribution is -2.13. The summed E-state index contributed by atoms with van der Waals surface area (Å²) in [4.78, 5) is 23.8. The average Bonchev–Trinajstić information content (AvgIpc) is 2.69. The first-order valence-electron chi connectivity index (χ1n) is 8.22. The van der Waals surface area contributed by atoms with Crippen LogP contribution >= 0.6 is 0 Å². The summed E-state index contributed by atoms with van der Waals surface area (Å²) in [5.74, 6) is 0.152. The number of carbonyl (C=O) groups excluding carboxylic acids is 2. The summed E-state index contributed by atoms with van der Waals surface area (Å²) >= 11 is 0. The fraction of sp³-hybridized carbons (Fsp3) is 0.100. The van der Waals surface area contributed by atoms with Crippen molar-refractivity contribution in [2.24, 2.45) is 0 Å². The minimum atomic E-state index is -0.418. The van der Waals surface area contributed by atoms with E-state index >= 15 is 0 Å². The molecule has 0 fully saturated rings. The van der Waals surface area contributed by atoms with Crippen molar-refractivity contribution in [2.45, 2.75) is 6.92 Å². The van der Waals surface area contributed by atoms with Gasteiger partial charge in [0.1, 0.15) is 0 Å². The normalized spacial score (nSPS) is 10.1. The number of esters is 1. The number of nitrogens with one attached hydrogen (secondary N) is 2. The van der Waals surface area contributed by atoms with E-state index in [0.717, 1.165) is 5.56 Å². The molecule has 2 aromatic carbocycles. The number of aryl methyl sites for hydroxylation is 1. The maximum Gasteiger partial charge on any atom is 0.337 e. The van der Waals surface area contributed by atoms with Gasteiger partial charge in [0.25, 0.3) is 5.91 Å². The van der Waals surface area contributed by atoms with Crippen LogP contribution in [0.3, 0.4) is 0 Å². The van der Waals surface area contributed by atoms with Gasteiger partial charge in [0.15, 0.2) is 11.6 Å². The monoisotopic (exact) mass is 362 g/mol. The number of methoxy groups -OCH3 is 1. The van der Waals surface area contributed by atoms with Crippen molar-refractivity contribution in [3.63, 3.8) is 0 Å². The van der Waals surface area contributed by atoms with Crippen molar-refractivity contribution < 1.29 is 14.3 Å². The van der Waals surface area contributed by atoms with Gasteiger partial charge >= 0.3 is 5.97 Å². The summed E-state index contributed by atoms with van der Waals surface area (Å²) < 4.78 is 4.70. The van der Waals surface area contributed by atoms with Gasteiger partial charge in [-0.05, 0) is 49.4 Å². The quantitative estimate of drug-likeness (QED) is 0.674. The van der Waals surface area contributed by atoms with Crippen LogP contribution in [-0.2, 0) is 4.74 Å². The van der Waals surface area contributed by atoms with Gasteiger partial charge in [-0.1, -0.05) is 23.8 Å². The molecule has 0 aliphatic carbocycles. The van der Waals surface area contributed by atoms with Crippen LogP contribution in [0, 0.1) is 6.92 Å². The van der Waals surface area contributed by atoms with E-state index in [0.29, 0.717) is 28.5 Å². The Bertz CT molecular complexity index is 971. The lowest BCUT2D eigenvalue weighted by atomic mass is 10.1. The molecule has 27 heavy (non-hydrogen) atoms. The molecule has 136 valence electrons. The first-order valence-corrected chi connectivity index (χ1v) is 8.22. The Morgan fingerprint density at radius 3 is 2.30 bits per heavy atom. The van der Waals surface area contributed by atoms with Crippen molar-refractivity contribution in [1.82, 2.24) is 10.2 Å². The zero-order valence-electron chi connectivity index (χ0n) is 14.9. The Morgan fingerprint density at radius 1 is 0.889 bits per heavy atom. The molecule has 0 aliphatic heterocycles. The first kappa shape index (κ1) is 18.1. The Hall–Kier alpha value is -3.74. The molecule has 2 N–H and O–H groups in total. The summed E-state index contributed by atoms with van der Waals surface area (Å²) in [6, 6.07) is 17.5. The standard InChI is InChI=1S/C20H18N4O3/c1-13-5-3-6-14(11-13)19(25)22-18-10-9-17(23-24-18)21-16-8-4-7-15(12-16)20(26)27-2/h3-12H,1-2H3,(H,21,23)(H,22,24,25). The molecule has 0 unspecified atom stereocenters. The molecule has 0 radical (unpaired) electrons. The highest BCUT2D eigenvalue weighted by molar-refractivity contribution is 6.03. The first-order chi connectivity index (χ1) is 13.0. The summed E-state index contributed by atoms with van der Waals surface area (Å²) in [6.45, 7) is 1.92. The molecule has 0 spiro atoms. The van der Waals surface area contributed by atoms with E-state index < -0.39 is 5.97 Å². The number of nitrogens with zero attached hydrogens (tertiary/aromatic N) is 2. The van der Waals surface area contributed by atoms with Crippen molar-refractivity contribution >= 4 is 29.2 Å². The van der Waals surface area contributed by atoms with Crippen LogP contribution in [0.4, 0.5) is 17.3 Å². The second kappa shape index (κ2) is 8.09. The fourth-order valence-corrected chi connectivity index (χ4v) is 2.43. The van der Waals surface area contributed by atoms with Gasteiger partial charge in [-0.25, -0.2) is 4.79 Å². The van der Waals surface area contributed by atoms with Crippen LogP contribution < -0.4 is 10.6 Å². The van der Waals surface area contributed by atoms with Crippen molar-refractivity contribution in [3.05, 3.63) is 77.4 Å². The number of anilines is 3. The molecule has 7 nitrogen and oxygen atoms in total. The van der Waals surface area contributed by atoms with E-state index in [4.69, 9.17) is 4.74 Å². The highest BCUT2D eigenvalue weighted by Gasteiger charge is 2.09. The number of hydrogen-bond acceptors (Lipinski definition) is 6. The molecule has 3 aromatic rings. The van der Waals surface area contributed by atoms with Gasteiger partial charge in [0.2, 0.25) is 0 Å².